The molecular weight excluding hydrogens is 186 g/mol. The fourth-order valence-corrected chi connectivity index (χ4v) is 1.48. The van der Waals surface area contributed by atoms with E-state index in [0.29, 0.717) is 18.4 Å². The second-order valence-electron chi connectivity index (χ2n) is 5.12. The van der Waals surface area contributed by atoms with Gasteiger partial charge in [-0.25, -0.2) is 0 Å². The summed E-state index contributed by atoms with van der Waals surface area (Å²) in [4.78, 5) is 0. The van der Waals surface area contributed by atoms with Gasteiger partial charge in [0.2, 0.25) is 0 Å². The first kappa shape index (κ1) is 14.7. The Morgan fingerprint density at radius 2 is 1.80 bits per heavy atom. The Balaban J connectivity index is 4.01. The van der Waals surface area contributed by atoms with Crippen molar-refractivity contribution in [2.75, 3.05) is 6.54 Å². The van der Waals surface area contributed by atoms with E-state index in [1.165, 1.54) is 0 Å². The molecule has 0 unspecified atom stereocenters. The van der Waals surface area contributed by atoms with Gasteiger partial charge in [-0.05, 0) is 44.1 Å². The summed E-state index contributed by atoms with van der Waals surface area (Å²) in [7, 11) is 0. The highest BCUT2D eigenvalue weighted by Gasteiger charge is 2.23. The third kappa shape index (κ3) is 6.69. The fraction of sp³-hybridized carbons (Fsp3) is 0.846. The number of aliphatic hydroxyl groups is 1. The van der Waals surface area contributed by atoms with Gasteiger partial charge in [-0.1, -0.05) is 26.8 Å². The molecule has 2 heteroatoms. The van der Waals surface area contributed by atoms with Crippen LogP contribution in [-0.2, 0) is 0 Å². The molecule has 0 aliphatic carbocycles. The Labute approximate surface area is 94.6 Å². The molecule has 0 saturated carbocycles. The van der Waals surface area contributed by atoms with Crippen molar-refractivity contribution in [2.45, 2.75) is 52.1 Å². The van der Waals surface area contributed by atoms with Crippen LogP contribution >= 0.6 is 0 Å². The molecule has 0 aromatic carbocycles. The van der Waals surface area contributed by atoms with Gasteiger partial charge in [-0.3, -0.25) is 0 Å². The third-order valence-corrected chi connectivity index (χ3v) is 3.01. The Morgan fingerprint density at radius 1 is 1.27 bits per heavy atom. The molecule has 0 aliphatic rings. The van der Waals surface area contributed by atoms with Gasteiger partial charge in [0.1, 0.15) is 0 Å². The molecule has 0 heterocycles. The Morgan fingerprint density at radius 3 is 2.20 bits per heavy atom. The minimum atomic E-state index is -0.687. The average molecular weight is 213 g/mol. The quantitative estimate of drug-likeness (QED) is 0.609. The summed E-state index contributed by atoms with van der Waals surface area (Å²) in [6.07, 6.45) is 5.29. The Kier molecular flexibility index (Phi) is 6.86. The van der Waals surface area contributed by atoms with Crippen molar-refractivity contribution in [2.24, 2.45) is 17.6 Å². The highest BCUT2D eigenvalue weighted by molar-refractivity contribution is 4.95. The summed E-state index contributed by atoms with van der Waals surface area (Å²) in [6, 6.07) is 0. The lowest BCUT2D eigenvalue weighted by atomic mass is 9.87. The van der Waals surface area contributed by atoms with E-state index in [2.05, 4.69) is 27.4 Å². The van der Waals surface area contributed by atoms with Crippen LogP contribution < -0.4 is 5.73 Å². The number of rotatable bonds is 8. The molecule has 0 aromatic heterocycles. The van der Waals surface area contributed by atoms with Crippen molar-refractivity contribution in [3.05, 3.63) is 12.7 Å². The zero-order chi connectivity index (χ0) is 11.9. The molecule has 15 heavy (non-hydrogen) atoms. The van der Waals surface area contributed by atoms with Crippen LogP contribution in [0.4, 0.5) is 0 Å². The van der Waals surface area contributed by atoms with Gasteiger partial charge in [0, 0.05) is 0 Å². The van der Waals surface area contributed by atoms with E-state index in [-0.39, 0.29) is 0 Å². The summed E-state index contributed by atoms with van der Waals surface area (Å²) in [5.41, 5.74) is 4.87. The molecular formula is C13H27NO. The first-order valence-electron chi connectivity index (χ1n) is 5.99. The number of hydrogen-bond donors (Lipinski definition) is 2. The number of nitrogens with two attached hydrogens (primary N) is 1. The van der Waals surface area contributed by atoms with Crippen LogP contribution in [0.2, 0.25) is 0 Å². The molecule has 2 nitrogen and oxygen atoms in total. The molecule has 0 radical (unpaired) electrons. The van der Waals surface area contributed by atoms with Gasteiger partial charge in [0.15, 0.2) is 0 Å². The second-order valence-corrected chi connectivity index (χ2v) is 5.12. The highest BCUT2D eigenvalue weighted by atomic mass is 16.3. The summed E-state index contributed by atoms with van der Waals surface area (Å²) < 4.78 is 0. The van der Waals surface area contributed by atoms with Crippen molar-refractivity contribution in [3.63, 3.8) is 0 Å². The van der Waals surface area contributed by atoms with Crippen molar-refractivity contribution < 1.29 is 5.11 Å². The van der Waals surface area contributed by atoms with E-state index >= 15 is 0 Å². The van der Waals surface area contributed by atoms with Crippen molar-refractivity contribution in [1.82, 2.24) is 0 Å². The zero-order valence-corrected chi connectivity index (χ0v) is 10.5. The Hall–Kier alpha value is -0.340. The van der Waals surface area contributed by atoms with Crippen LogP contribution in [0, 0.1) is 11.8 Å². The smallest absolute Gasteiger partial charge is 0.0825 e. The zero-order valence-electron chi connectivity index (χ0n) is 10.5. The van der Waals surface area contributed by atoms with Gasteiger partial charge >= 0.3 is 0 Å². The molecule has 3 N–H and O–H groups in total. The normalized spacial score (nSPS) is 17.5. The van der Waals surface area contributed by atoms with Gasteiger partial charge in [-0.2, -0.15) is 0 Å². The van der Waals surface area contributed by atoms with Crippen LogP contribution in [0.15, 0.2) is 12.7 Å². The molecule has 0 aromatic rings. The maximum atomic E-state index is 10.3. The van der Waals surface area contributed by atoms with Crippen LogP contribution in [0.3, 0.4) is 0 Å². The molecule has 0 amide bonds. The van der Waals surface area contributed by atoms with Gasteiger partial charge in [-0.15, -0.1) is 6.58 Å². The van der Waals surface area contributed by atoms with Gasteiger partial charge in [0.25, 0.3) is 0 Å². The van der Waals surface area contributed by atoms with E-state index in [4.69, 9.17) is 5.73 Å². The molecule has 2 atom stereocenters. The summed E-state index contributed by atoms with van der Waals surface area (Å²) in [5, 5.41) is 10.3. The molecule has 0 saturated heterocycles. The molecule has 0 fully saturated rings. The lowest BCUT2D eigenvalue weighted by Gasteiger charge is -2.26. The molecule has 0 rings (SSSR count). The monoisotopic (exact) mass is 213 g/mol. The van der Waals surface area contributed by atoms with Crippen molar-refractivity contribution in [3.8, 4) is 0 Å². The minimum Gasteiger partial charge on any atom is -0.386 e. The van der Waals surface area contributed by atoms with Crippen LogP contribution in [-0.4, -0.2) is 17.3 Å². The van der Waals surface area contributed by atoms with E-state index in [0.717, 1.165) is 25.7 Å². The minimum absolute atomic E-state index is 0.482. The summed E-state index contributed by atoms with van der Waals surface area (Å²) in [5.74, 6) is 1.11. The fourth-order valence-electron chi connectivity index (χ4n) is 1.48. The molecule has 0 aliphatic heterocycles. The topological polar surface area (TPSA) is 46.2 Å². The van der Waals surface area contributed by atoms with Crippen molar-refractivity contribution in [1.29, 1.82) is 0 Å². The summed E-state index contributed by atoms with van der Waals surface area (Å²) >= 11 is 0. The van der Waals surface area contributed by atoms with E-state index in [1.54, 1.807) is 6.08 Å². The lowest BCUT2D eigenvalue weighted by Crippen LogP contribution is -2.27. The Bertz CT molecular complexity index is 179. The lowest BCUT2D eigenvalue weighted by molar-refractivity contribution is 0.0606. The van der Waals surface area contributed by atoms with Gasteiger partial charge < -0.3 is 10.8 Å². The summed E-state index contributed by atoms with van der Waals surface area (Å²) in [6.45, 7) is 10.9. The highest BCUT2D eigenvalue weighted by Crippen LogP contribution is 2.24. The first-order chi connectivity index (χ1) is 6.93. The third-order valence-electron chi connectivity index (χ3n) is 3.01. The molecule has 0 bridgehead atoms. The predicted molar refractivity (Wildman–Crippen MR) is 66.7 cm³/mol. The van der Waals surface area contributed by atoms with Crippen LogP contribution in [0.1, 0.15) is 46.5 Å². The largest absolute Gasteiger partial charge is 0.386 e. The van der Waals surface area contributed by atoms with Crippen LogP contribution in [0.25, 0.3) is 0 Å². The van der Waals surface area contributed by atoms with Crippen molar-refractivity contribution >= 4 is 0 Å². The second kappa shape index (κ2) is 7.02. The average Bonchev–Trinajstić information content (AvgIpc) is 2.23. The van der Waals surface area contributed by atoms with E-state index < -0.39 is 5.60 Å². The maximum absolute atomic E-state index is 10.3. The van der Waals surface area contributed by atoms with E-state index in [9.17, 15) is 5.11 Å². The standard InChI is InChI=1S/C13H27NO/c1-5-13(15,8-6-11(2)3)9-7-12(4)10-14/h5,11-12,15H,1,6-10,14H2,2-4H3/t12-,13-/m0/s1. The molecule has 90 valence electrons. The number of hydrogen-bond acceptors (Lipinski definition) is 2. The molecule has 0 spiro atoms. The van der Waals surface area contributed by atoms with E-state index in [1.807, 2.05) is 0 Å². The van der Waals surface area contributed by atoms with Crippen LogP contribution in [0.5, 0.6) is 0 Å². The predicted octanol–water partition coefficient (Wildman–Crippen LogP) is 2.71. The maximum Gasteiger partial charge on any atom is 0.0825 e. The first-order valence-corrected chi connectivity index (χ1v) is 5.99. The SMILES string of the molecule is C=C[C@](O)(CCC(C)C)CC[C@H](C)CN. The van der Waals surface area contributed by atoms with Gasteiger partial charge in [0.05, 0.1) is 5.60 Å².